The van der Waals surface area contributed by atoms with Crippen molar-refractivity contribution in [1.29, 1.82) is 0 Å². The van der Waals surface area contributed by atoms with Gasteiger partial charge in [-0.2, -0.15) is 0 Å². The largest absolute Gasteiger partial charge is 0.492 e. The van der Waals surface area contributed by atoms with Gasteiger partial charge in [-0.25, -0.2) is 0 Å². The molecule has 0 radical (unpaired) electrons. The Labute approximate surface area is 125 Å². The number of hydrogen-bond donors (Lipinski definition) is 0. The Balaban J connectivity index is 2.27. The number of carbonyl (C=O) groups excluding carboxylic acids is 1. The van der Waals surface area contributed by atoms with Crippen LogP contribution in [0.25, 0.3) is 0 Å². The van der Waals surface area contributed by atoms with E-state index < -0.39 is 6.10 Å². The van der Waals surface area contributed by atoms with Crippen LogP contribution in [0.2, 0.25) is 5.02 Å². The van der Waals surface area contributed by atoms with Crippen LogP contribution in [-0.2, 0) is 9.53 Å². The first kappa shape index (κ1) is 16.8. The molecule has 1 aromatic carbocycles. The highest BCUT2D eigenvalue weighted by atomic mass is 35.5. The van der Waals surface area contributed by atoms with E-state index in [2.05, 4.69) is 0 Å². The zero-order valence-electron chi connectivity index (χ0n) is 12.3. The molecule has 1 atom stereocenters. The zero-order chi connectivity index (χ0) is 15.0. The van der Waals surface area contributed by atoms with Gasteiger partial charge in [-0.3, -0.25) is 4.79 Å². The Bertz CT molecular complexity index is 425. The number of ether oxygens (including phenoxy) is 2. The van der Waals surface area contributed by atoms with Crippen molar-refractivity contribution in [2.24, 2.45) is 0 Å². The molecular weight excluding hydrogens is 278 g/mol. The first-order valence-corrected chi connectivity index (χ1v) is 7.18. The number of halogens is 1. The van der Waals surface area contributed by atoms with Gasteiger partial charge in [-0.1, -0.05) is 23.7 Å². The van der Waals surface area contributed by atoms with Gasteiger partial charge in [-0.15, -0.1) is 0 Å². The van der Waals surface area contributed by atoms with E-state index in [0.29, 0.717) is 30.5 Å². The first-order valence-electron chi connectivity index (χ1n) is 6.80. The number of carbonyl (C=O) groups is 1. The number of para-hydroxylation sites is 1. The lowest BCUT2D eigenvalue weighted by atomic mass is 10.3. The quantitative estimate of drug-likeness (QED) is 0.693. The predicted octanol–water partition coefficient (Wildman–Crippen LogP) is 2.99. The SMILES string of the molecule is CCO[C@@H](C)C(=O)N(C)CCCOc1ccccc1Cl. The lowest BCUT2D eigenvalue weighted by Crippen LogP contribution is -2.37. The molecule has 0 aliphatic rings. The van der Waals surface area contributed by atoms with Gasteiger partial charge in [0.05, 0.1) is 11.6 Å². The molecule has 0 spiro atoms. The number of rotatable bonds is 8. The van der Waals surface area contributed by atoms with E-state index in [1.54, 1.807) is 24.9 Å². The summed E-state index contributed by atoms with van der Waals surface area (Å²) in [6.45, 7) is 5.32. The van der Waals surface area contributed by atoms with Crippen molar-refractivity contribution in [3.8, 4) is 5.75 Å². The molecule has 1 rings (SSSR count). The van der Waals surface area contributed by atoms with Crippen LogP contribution in [0.5, 0.6) is 5.75 Å². The Kier molecular flexibility index (Phi) is 7.41. The van der Waals surface area contributed by atoms with Crippen molar-refractivity contribution in [3.63, 3.8) is 0 Å². The van der Waals surface area contributed by atoms with Crippen molar-refractivity contribution < 1.29 is 14.3 Å². The number of likely N-dealkylation sites (N-methyl/N-ethyl adjacent to an activating group) is 1. The summed E-state index contributed by atoms with van der Waals surface area (Å²) in [6.07, 6.45) is 0.348. The van der Waals surface area contributed by atoms with Gasteiger partial charge in [0.15, 0.2) is 0 Å². The van der Waals surface area contributed by atoms with Gasteiger partial charge in [0.25, 0.3) is 5.91 Å². The molecule has 20 heavy (non-hydrogen) atoms. The van der Waals surface area contributed by atoms with Crippen LogP contribution < -0.4 is 4.74 Å². The van der Waals surface area contributed by atoms with Crippen LogP contribution in [0.1, 0.15) is 20.3 Å². The van der Waals surface area contributed by atoms with E-state index in [1.807, 2.05) is 25.1 Å². The Morgan fingerprint density at radius 3 is 2.75 bits per heavy atom. The van der Waals surface area contributed by atoms with E-state index in [-0.39, 0.29) is 5.91 Å². The van der Waals surface area contributed by atoms with Gasteiger partial charge < -0.3 is 14.4 Å². The van der Waals surface area contributed by atoms with Crippen LogP contribution in [-0.4, -0.2) is 43.7 Å². The van der Waals surface area contributed by atoms with Crippen LogP contribution in [0, 0.1) is 0 Å². The van der Waals surface area contributed by atoms with E-state index in [0.717, 1.165) is 6.42 Å². The third-order valence-electron chi connectivity index (χ3n) is 2.87. The summed E-state index contributed by atoms with van der Waals surface area (Å²) in [6, 6.07) is 7.35. The second-order valence-electron chi connectivity index (χ2n) is 4.49. The molecule has 0 heterocycles. The lowest BCUT2D eigenvalue weighted by molar-refractivity contribution is -0.141. The number of nitrogens with zero attached hydrogens (tertiary/aromatic N) is 1. The molecule has 0 fully saturated rings. The van der Waals surface area contributed by atoms with Gasteiger partial charge in [-0.05, 0) is 32.4 Å². The molecule has 1 aromatic rings. The summed E-state index contributed by atoms with van der Waals surface area (Å²) >= 11 is 5.99. The van der Waals surface area contributed by atoms with E-state index in [9.17, 15) is 4.79 Å². The molecule has 5 heteroatoms. The fraction of sp³-hybridized carbons (Fsp3) is 0.533. The van der Waals surface area contributed by atoms with Crippen LogP contribution >= 0.6 is 11.6 Å². The summed E-state index contributed by atoms with van der Waals surface area (Å²) in [5.74, 6) is 0.662. The summed E-state index contributed by atoms with van der Waals surface area (Å²) in [5.41, 5.74) is 0. The third kappa shape index (κ3) is 5.39. The summed E-state index contributed by atoms with van der Waals surface area (Å²) in [4.78, 5) is 13.6. The molecule has 112 valence electrons. The molecule has 0 bridgehead atoms. The smallest absolute Gasteiger partial charge is 0.251 e. The van der Waals surface area contributed by atoms with Crippen molar-refractivity contribution in [1.82, 2.24) is 4.90 Å². The monoisotopic (exact) mass is 299 g/mol. The average molecular weight is 300 g/mol. The third-order valence-corrected chi connectivity index (χ3v) is 3.18. The van der Waals surface area contributed by atoms with Gasteiger partial charge in [0.2, 0.25) is 0 Å². The number of hydrogen-bond acceptors (Lipinski definition) is 3. The normalized spacial score (nSPS) is 12.0. The average Bonchev–Trinajstić information content (AvgIpc) is 2.44. The Morgan fingerprint density at radius 1 is 1.40 bits per heavy atom. The fourth-order valence-electron chi connectivity index (χ4n) is 1.79. The summed E-state index contributed by atoms with van der Waals surface area (Å²) in [5, 5.41) is 0.599. The molecule has 0 saturated carbocycles. The van der Waals surface area contributed by atoms with Crippen molar-refractivity contribution in [3.05, 3.63) is 29.3 Å². The molecule has 0 aliphatic carbocycles. The molecule has 1 amide bonds. The Hall–Kier alpha value is -1.26. The highest BCUT2D eigenvalue weighted by molar-refractivity contribution is 6.32. The van der Waals surface area contributed by atoms with Crippen molar-refractivity contribution >= 4 is 17.5 Å². The fourth-order valence-corrected chi connectivity index (χ4v) is 1.98. The highest BCUT2D eigenvalue weighted by Crippen LogP contribution is 2.23. The van der Waals surface area contributed by atoms with E-state index in [1.165, 1.54) is 0 Å². The van der Waals surface area contributed by atoms with E-state index in [4.69, 9.17) is 21.1 Å². The summed E-state index contributed by atoms with van der Waals surface area (Å²) < 4.78 is 10.8. The topological polar surface area (TPSA) is 38.8 Å². The predicted molar refractivity (Wildman–Crippen MR) is 80.3 cm³/mol. The zero-order valence-corrected chi connectivity index (χ0v) is 13.0. The van der Waals surface area contributed by atoms with E-state index >= 15 is 0 Å². The van der Waals surface area contributed by atoms with Gasteiger partial charge >= 0.3 is 0 Å². The van der Waals surface area contributed by atoms with Gasteiger partial charge in [0, 0.05) is 20.2 Å². The standard InChI is InChI=1S/C15H22ClNO3/c1-4-19-12(2)15(18)17(3)10-7-11-20-14-9-6-5-8-13(14)16/h5-6,8-9,12H,4,7,10-11H2,1-3H3/t12-/m0/s1. The maximum absolute atomic E-state index is 11.9. The summed E-state index contributed by atoms with van der Waals surface area (Å²) in [7, 11) is 1.77. The van der Waals surface area contributed by atoms with Crippen LogP contribution in [0.4, 0.5) is 0 Å². The second kappa shape index (κ2) is 8.82. The maximum atomic E-state index is 11.9. The molecule has 0 N–H and O–H groups in total. The molecule has 0 aliphatic heterocycles. The van der Waals surface area contributed by atoms with Crippen molar-refractivity contribution in [2.45, 2.75) is 26.4 Å². The minimum atomic E-state index is -0.394. The molecular formula is C15H22ClNO3. The number of benzene rings is 1. The molecule has 4 nitrogen and oxygen atoms in total. The first-order chi connectivity index (χ1) is 9.56. The minimum Gasteiger partial charge on any atom is -0.492 e. The number of amides is 1. The molecule has 0 aromatic heterocycles. The lowest BCUT2D eigenvalue weighted by Gasteiger charge is -2.21. The Morgan fingerprint density at radius 2 is 2.10 bits per heavy atom. The van der Waals surface area contributed by atoms with Crippen LogP contribution in [0.3, 0.4) is 0 Å². The molecule has 0 saturated heterocycles. The van der Waals surface area contributed by atoms with Crippen molar-refractivity contribution in [2.75, 3.05) is 26.8 Å². The van der Waals surface area contributed by atoms with Crippen LogP contribution in [0.15, 0.2) is 24.3 Å². The van der Waals surface area contributed by atoms with Gasteiger partial charge in [0.1, 0.15) is 11.9 Å². The second-order valence-corrected chi connectivity index (χ2v) is 4.90. The highest BCUT2D eigenvalue weighted by Gasteiger charge is 2.16. The maximum Gasteiger partial charge on any atom is 0.251 e. The molecule has 0 unspecified atom stereocenters. The minimum absolute atomic E-state index is 0.00964.